The van der Waals surface area contributed by atoms with Crippen LogP contribution in [-0.4, -0.2) is 31.6 Å². The molecule has 29 heavy (non-hydrogen) atoms. The van der Waals surface area contributed by atoms with Gasteiger partial charge in [0.05, 0.1) is 20.3 Å². The van der Waals surface area contributed by atoms with Crippen molar-refractivity contribution in [2.24, 2.45) is 0 Å². The Morgan fingerprint density at radius 1 is 1.03 bits per heavy atom. The van der Waals surface area contributed by atoms with Crippen LogP contribution in [0.4, 0.5) is 0 Å². The predicted molar refractivity (Wildman–Crippen MR) is 108 cm³/mol. The Labute approximate surface area is 169 Å². The maximum atomic E-state index is 13.3. The van der Waals surface area contributed by atoms with E-state index in [-0.39, 0.29) is 17.6 Å². The molecule has 1 atom stereocenters. The highest BCUT2D eigenvalue weighted by Gasteiger charge is 2.36. The van der Waals surface area contributed by atoms with Crippen LogP contribution in [0.2, 0.25) is 0 Å². The normalized spacial score (nSPS) is 15.5. The summed E-state index contributed by atoms with van der Waals surface area (Å²) in [5.74, 6) is 0.980. The molecular weight excluding hydrogens is 368 g/mol. The van der Waals surface area contributed by atoms with Gasteiger partial charge in [0.15, 0.2) is 17.7 Å². The molecule has 2 heterocycles. The molecule has 1 aliphatic heterocycles. The number of benzene rings is 2. The van der Waals surface area contributed by atoms with Gasteiger partial charge in [0.2, 0.25) is 0 Å². The van der Waals surface area contributed by atoms with Gasteiger partial charge in [-0.1, -0.05) is 30.3 Å². The van der Waals surface area contributed by atoms with Crippen molar-refractivity contribution in [2.75, 3.05) is 20.8 Å². The first kappa shape index (κ1) is 18.8. The zero-order chi connectivity index (χ0) is 20.4. The maximum Gasteiger partial charge on any atom is 0.320 e. The summed E-state index contributed by atoms with van der Waals surface area (Å²) in [6.07, 6.45) is 2.01. The largest absolute Gasteiger partial charge is 0.618 e. The summed E-state index contributed by atoms with van der Waals surface area (Å²) in [5.41, 5.74) is 3.16. The number of fused-ring (bicyclic) bond motifs is 1. The molecule has 0 fully saturated rings. The van der Waals surface area contributed by atoms with Crippen LogP contribution in [0.1, 0.15) is 33.2 Å². The molecule has 0 saturated carbocycles. The highest BCUT2D eigenvalue weighted by Crippen LogP contribution is 2.41. The highest BCUT2D eigenvalue weighted by atomic mass is 16.5. The second-order valence-corrected chi connectivity index (χ2v) is 6.88. The number of nitrogens with zero attached hydrogens (tertiary/aromatic N) is 2. The van der Waals surface area contributed by atoms with Crippen molar-refractivity contribution in [3.05, 3.63) is 94.5 Å². The lowest BCUT2D eigenvalue weighted by molar-refractivity contribution is -0.608. The van der Waals surface area contributed by atoms with Gasteiger partial charge >= 0.3 is 5.91 Å². The third kappa shape index (κ3) is 3.38. The van der Waals surface area contributed by atoms with E-state index >= 15 is 0 Å². The number of amides is 1. The molecule has 0 aliphatic carbocycles. The minimum Gasteiger partial charge on any atom is -0.618 e. The van der Waals surface area contributed by atoms with Crippen molar-refractivity contribution in [1.82, 2.24) is 4.90 Å². The van der Waals surface area contributed by atoms with Crippen molar-refractivity contribution < 1.29 is 19.0 Å². The van der Waals surface area contributed by atoms with Gasteiger partial charge in [-0.05, 0) is 41.3 Å². The molecule has 1 aliphatic rings. The Morgan fingerprint density at radius 3 is 2.41 bits per heavy atom. The van der Waals surface area contributed by atoms with E-state index in [1.165, 1.54) is 6.20 Å². The number of rotatable bonds is 4. The summed E-state index contributed by atoms with van der Waals surface area (Å²) >= 11 is 0. The van der Waals surface area contributed by atoms with Gasteiger partial charge in [-0.25, -0.2) is 0 Å². The van der Waals surface area contributed by atoms with Crippen molar-refractivity contribution in [1.29, 1.82) is 0 Å². The SMILES string of the molecule is COc1cc2c(cc1OC)[C@@H](c1ccccc1)N(C(=O)c1cccc[n+]1[O-])CC2. The Bertz CT molecular complexity index is 1040. The van der Waals surface area contributed by atoms with Gasteiger partial charge in [-0.2, -0.15) is 4.73 Å². The van der Waals surface area contributed by atoms with Crippen molar-refractivity contribution in [3.63, 3.8) is 0 Å². The predicted octanol–water partition coefficient (Wildman–Crippen LogP) is 3.13. The molecule has 0 unspecified atom stereocenters. The number of aromatic nitrogens is 1. The zero-order valence-electron chi connectivity index (χ0n) is 16.4. The first-order valence-electron chi connectivity index (χ1n) is 9.43. The molecule has 0 N–H and O–H groups in total. The summed E-state index contributed by atoms with van der Waals surface area (Å²) in [7, 11) is 3.21. The van der Waals surface area contributed by atoms with Crippen molar-refractivity contribution in [2.45, 2.75) is 12.5 Å². The summed E-state index contributed by atoms with van der Waals surface area (Å²) in [6, 6.07) is 18.3. The second-order valence-electron chi connectivity index (χ2n) is 6.88. The molecule has 0 spiro atoms. The number of methoxy groups -OCH3 is 2. The molecule has 3 aromatic rings. The lowest BCUT2D eigenvalue weighted by atomic mass is 9.87. The van der Waals surface area contributed by atoms with Crippen molar-refractivity contribution >= 4 is 5.91 Å². The Balaban J connectivity index is 1.86. The van der Waals surface area contributed by atoms with Crippen LogP contribution in [-0.2, 0) is 6.42 Å². The van der Waals surface area contributed by atoms with Crippen LogP contribution >= 0.6 is 0 Å². The first-order chi connectivity index (χ1) is 14.1. The smallest absolute Gasteiger partial charge is 0.320 e. The summed E-state index contributed by atoms with van der Waals surface area (Å²) in [5, 5.41) is 12.2. The fraction of sp³-hybridized carbons (Fsp3) is 0.217. The van der Waals surface area contributed by atoms with E-state index < -0.39 is 0 Å². The molecule has 148 valence electrons. The number of hydrogen-bond acceptors (Lipinski definition) is 4. The standard InChI is InChI=1S/C23H22N2O4/c1-28-20-14-17-11-13-24(23(26)19-10-6-7-12-25(19)27)22(16-8-4-3-5-9-16)18(17)15-21(20)29-2/h3-10,12,14-15,22H,11,13H2,1-2H3/t22-/m1/s1. The van der Waals surface area contributed by atoms with Gasteiger partial charge in [-0.3, -0.25) is 4.79 Å². The molecule has 6 nitrogen and oxygen atoms in total. The molecule has 0 bridgehead atoms. The molecule has 1 amide bonds. The topological polar surface area (TPSA) is 65.7 Å². The molecule has 1 aromatic heterocycles. The third-order valence-corrected chi connectivity index (χ3v) is 5.29. The van der Waals surface area contributed by atoms with Crippen LogP contribution in [0.15, 0.2) is 66.9 Å². The Kier molecular flexibility index (Phi) is 5.08. The third-order valence-electron chi connectivity index (χ3n) is 5.29. The lowest BCUT2D eigenvalue weighted by Crippen LogP contribution is -2.45. The minimum absolute atomic E-state index is 0.109. The summed E-state index contributed by atoms with van der Waals surface area (Å²) in [6.45, 7) is 0.496. The highest BCUT2D eigenvalue weighted by molar-refractivity contribution is 5.91. The Hall–Kier alpha value is -3.54. The second kappa shape index (κ2) is 7.83. The van der Waals surface area contributed by atoms with E-state index in [4.69, 9.17) is 9.47 Å². The van der Waals surface area contributed by atoms with Crippen LogP contribution in [0.3, 0.4) is 0 Å². The average molecular weight is 390 g/mol. The van der Waals surface area contributed by atoms with Gasteiger partial charge < -0.3 is 19.6 Å². The molecule has 2 aromatic carbocycles. The van der Waals surface area contributed by atoms with E-state index in [2.05, 4.69) is 0 Å². The molecular formula is C23H22N2O4. The number of hydrogen-bond donors (Lipinski definition) is 0. The summed E-state index contributed by atoms with van der Waals surface area (Å²) in [4.78, 5) is 15.1. The minimum atomic E-state index is -0.326. The quantitative estimate of drug-likeness (QED) is 0.507. The van der Waals surface area contributed by atoms with E-state index in [1.807, 2.05) is 42.5 Å². The van der Waals surface area contributed by atoms with Crippen LogP contribution in [0.25, 0.3) is 0 Å². The molecule has 4 rings (SSSR count). The monoisotopic (exact) mass is 390 g/mol. The molecule has 6 heteroatoms. The van der Waals surface area contributed by atoms with Gasteiger partial charge in [-0.15, -0.1) is 0 Å². The van der Waals surface area contributed by atoms with Crippen LogP contribution in [0, 0.1) is 5.21 Å². The zero-order valence-corrected chi connectivity index (χ0v) is 16.4. The first-order valence-corrected chi connectivity index (χ1v) is 9.43. The summed E-state index contributed by atoms with van der Waals surface area (Å²) < 4.78 is 11.6. The lowest BCUT2D eigenvalue weighted by Gasteiger charge is -2.37. The van der Waals surface area contributed by atoms with E-state index in [0.29, 0.717) is 29.2 Å². The van der Waals surface area contributed by atoms with Crippen LogP contribution in [0.5, 0.6) is 11.5 Å². The van der Waals surface area contributed by atoms with Crippen molar-refractivity contribution in [3.8, 4) is 11.5 Å². The Morgan fingerprint density at radius 2 is 1.72 bits per heavy atom. The number of carbonyl (C=O) groups is 1. The molecule has 0 radical (unpaired) electrons. The fourth-order valence-electron chi connectivity index (χ4n) is 3.90. The van der Waals surface area contributed by atoms with E-state index in [1.54, 1.807) is 37.3 Å². The van der Waals surface area contributed by atoms with Crippen LogP contribution < -0.4 is 14.2 Å². The number of pyridine rings is 1. The average Bonchev–Trinajstić information content (AvgIpc) is 2.77. The number of ether oxygens (including phenoxy) is 2. The van der Waals surface area contributed by atoms with Gasteiger partial charge in [0.25, 0.3) is 5.69 Å². The van der Waals surface area contributed by atoms with E-state index in [0.717, 1.165) is 16.7 Å². The molecule has 0 saturated heterocycles. The number of carbonyl (C=O) groups excluding carboxylic acids is 1. The maximum absolute atomic E-state index is 13.3. The van der Waals surface area contributed by atoms with Gasteiger partial charge in [0.1, 0.15) is 0 Å². The van der Waals surface area contributed by atoms with Gasteiger partial charge in [0, 0.05) is 18.7 Å². The fourth-order valence-corrected chi connectivity index (χ4v) is 3.90. The van der Waals surface area contributed by atoms with E-state index in [9.17, 15) is 10.0 Å².